The first kappa shape index (κ1) is 16.1. The lowest BCUT2D eigenvalue weighted by molar-refractivity contribution is 0.134. The predicted octanol–water partition coefficient (Wildman–Crippen LogP) is 1.41. The van der Waals surface area contributed by atoms with Crippen molar-refractivity contribution in [3.05, 3.63) is 18.2 Å². The molecule has 0 radical (unpaired) electrons. The highest BCUT2D eigenvalue weighted by Gasteiger charge is 2.20. The Balaban J connectivity index is 1.91. The molecule has 0 atom stereocenters. The first-order valence-corrected chi connectivity index (χ1v) is 8.72. The van der Waals surface area contributed by atoms with Crippen LogP contribution in [0.2, 0.25) is 0 Å². The first-order valence-electron chi connectivity index (χ1n) is 7.23. The molecule has 7 heteroatoms. The van der Waals surface area contributed by atoms with E-state index >= 15 is 0 Å². The largest absolute Gasteiger partial charge is 0.397 e. The summed E-state index contributed by atoms with van der Waals surface area (Å²) >= 11 is 0. The van der Waals surface area contributed by atoms with Crippen LogP contribution in [0.3, 0.4) is 0 Å². The summed E-state index contributed by atoms with van der Waals surface area (Å²) in [5.41, 5.74) is 7.00. The van der Waals surface area contributed by atoms with E-state index in [4.69, 9.17) is 10.5 Å². The molecule has 0 saturated heterocycles. The van der Waals surface area contributed by atoms with Crippen molar-refractivity contribution in [3.63, 3.8) is 0 Å². The fourth-order valence-corrected chi connectivity index (χ4v) is 2.99. The van der Waals surface area contributed by atoms with Crippen LogP contribution in [0.5, 0.6) is 0 Å². The molecular weight excluding hydrogens is 290 g/mol. The van der Waals surface area contributed by atoms with Crippen molar-refractivity contribution < 1.29 is 13.2 Å². The van der Waals surface area contributed by atoms with Gasteiger partial charge < -0.3 is 15.8 Å². The molecule has 4 N–H and O–H groups in total. The molecule has 1 aliphatic rings. The third-order valence-corrected chi connectivity index (χ3v) is 4.82. The second kappa shape index (κ2) is 7.11. The van der Waals surface area contributed by atoms with Crippen LogP contribution in [0.1, 0.15) is 19.8 Å². The predicted molar refractivity (Wildman–Crippen MR) is 83.7 cm³/mol. The van der Waals surface area contributed by atoms with E-state index < -0.39 is 10.0 Å². The Labute approximate surface area is 126 Å². The van der Waals surface area contributed by atoms with Crippen LogP contribution in [0.4, 0.5) is 11.4 Å². The number of nitrogens with one attached hydrogen (secondary N) is 2. The number of rotatable bonds is 9. The van der Waals surface area contributed by atoms with Crippen molar-refractivity contribution in [2.24, 2.45) is 5.92 Å². The van der Waals surface area contributed by atoms with Gasteiger partial charge >= 0.3 is 0 Å². The number of sulfonamides is 1. The minimum atomic E-state index is -3.46. The molecular formula is C14H23N3O3S. The van der Waals surface area contributed by atoms with Crippen LogP contribution in [-0.4, -0.2) is 34.7 Å². The lowest BCUT2D eigenvalue weighted by atomic mass is 10.2. The Kier molecular flexibility index (Phi) is 5.44. The number of ether oxygens (including phenoxy) is 1. The molecule has 0 aromatic heterocycles. The molecule has 0 aliphatic heterocycles. The molecule has 21 heavy (non-hydrogen) atoms. The van der Waals surface area contributed by atoms with E-state index in [9.17, 15) is 8.42 Å². The van der Waals surface area contributed by atoms with Crippen molar-refractivity contribution >= 4 is 21.4 Å². The molecule has 118 valence electrons. The van der Waals surface area contributed by atoms with Gasteiger partial charge in [0.25, 0.3) is 0 Å². The van der Waals surface area contributed by atoms with E-state index in [1.54, 1.807) is 19.1 Å². The third-order valence-electron chi connectivity index (χ3n) is 3.28. The Morgan fingerprint density at radius 1 is 1.38 bits per heavy atom. The summed E-state index contributed by atoms with van der Waals surface area (Å²) in [4.78, 5) is 0.208. The third kappa shape index (κ3) is 4.87. The minimum Gasteiger partial charge on any atom is -0.397 e. The second-order valence-electron chi connectivity index (χ2n) is 5.20. The molecule has 1 fully saturated rings. The first-order chi connectivity index (χ1) is 10.0. The van der Waals surface area contributed by atoms with E-state index in [0.29, 0.717) is 31.1 Å². The highest BCUT2D eigenvalue weighted by atomic mass is 32.2. The molecule has 2 rings (SSSR count). The lowest BCUT2D eigenvalue weighted by Gasteiger charge is -2.12. The van der Waals surface area contributed by atoms with E-state index in [-0.39, 0.29) is 4.90 Å². The highest BCUT2D eigenvalue weighted by Crippen LogP contribution is 2.28. The van der Waals surface area contributed by atoms with Crippen LogP contribution in [0.15, 0.2) is 23.1 Å². The zero-order valence-corrected chi connectivity index (χ0v) is 13.1. The van der Waals surface area contributed by atoms with Crippen LogP contribution in [-0.2, 0) is 14.8 Å². The zero-order chi connectivity index (χ0) is 15.3. The average molecular weight is 313 g/mol. The molecule has 0 unspecified atom stereocenters. The van der Waals surface area contributed by atoms with E-state index in [2.05, 4.69) is 10.0 Å². The number of hydrogen-bond donors (Lipinski definition) is 3. The Hall–Kier alpha value is -1.31. The SMILES string of the molecule is CCNS(=O)(=O)c1ccc(N)c(NCCOCC2CC2)c1. The van der Waals surface area contributed by atoms with Gasteiger partial charge in [-0.2, -0.15) is 0 Å². The number of benzene rings is 1. The normalized spacial score (nSPS) is 15.1. The standard InChI is InChI=1S/C14H23N3O3S/c1-2-17-21(18,19)12-5-6-13(15)14(9-12)16-7-8-20-10-11-3-4-11/h5-6,9,11,16-17H,2-4,7-8,10,15H2,1H3. The molecule has 0 bridgehead atoms. The quantitative estimate of drug-likeness (QED) is 0.473. The molecule has 1 aromatic rings. The number of anilines is 2. The fraction of sp³-hybridized carbons (Fsp3) is 0.571. The van der Waals surface area contributed by atoms with Gasteiger partial charge in [-0.25, -0.2) is 13.1 Å². The van der Waals surface area contributed by atoms with Gasteiger partial charge in [0.15, 0.2) is 0 Å². The molecule has 0 amide bonds. The maximum Gasteiger partial charge on any atom is 0.240 e. The van der Waals surface area contributed by atoms with Crippen LogP contribution >= 0.6 is 0 Å². The van der Waals surface area contributed by atoms with Gasteiger partial charge in [0.2, 0.25) is 10.0 Å². The molecule has 0 heterocycles. The minimum absolute atomic E-state index is 0.208. The van der Waals surface area contributed by atoms with Crippen molar-refractivity contribution in [3.8, 4) is 0 Å². The summed E-state index contributed by atoms with van der Waals surface area (Å²) in [7, 11) is -3.46. The number of nitrogens with two attached hydrogens (primary N) is 1. The maximum atomic E-state index is 11.9. The molecule has 0 spiro atoms. The molecule has 1 saturated carbocycles. The molecule has 1 aromatic carbocycles. The summed E-state index contributed by atoms with van der Waals surface area (Å²) in [6.07, 6.45) is 2.54. The Morgan fingerprint density at radius 2 is 2.14 bits per heavy atom. The maximum absolute atomic E-state index is 11.9. The summed E-state index contributed by atoms with van der Waals surface area (Å²) in [6, 6.07) is 4.65. The van der Waals surface area contributed by atoms with E-state index in [1.165, 1.54) is 18.9 Å². The van der Waals surface area contributed by atoms with Gasteiger partial charge in [0.1, 0.15) is 0 Å². The zero-order valence-electron chi connectivity index (χ0n) is 12.3. The van der Waals surface area contributed by atoms with Crippen LogP contribution in [0, 0.1) is 5.92 Å². The summed E-state index contributed by atoms with van der Waals surface area (Å²) in [6.45, 7) is 4.09. The van der Waals surface area contributed by atoms with Gasteiger partial charge in [0.05, 0.1) is 22.9 Å². The Morgan fingerprint density at radius 3 is 2.81 bits per heavy atom. The van der Waals surface area contributed by atoms with Crippen molar-refractivity contribution in [1.29, 1.82) is 0 Å². The highest BCUT2D eigenvalue weighted by molar-refractivity contribution is 7.89. The second-order valence-corrected chi connectivity index (χ2v) is 6.96. The van der Waals surface area contributed by atoms with Crippen LogP contribution < -0.4 is 15.8 Å². The van der Waals surface area contributed by atoms with Gasteiger partial charge in [-0.1, -0.05) is 6.92 Å². The summed E-state index contributed by atoms with van der Waals surface area (Å²) < 4.78 is 31.9. The number of nitrogen functional groups attached to an aromatic ring is 1. The van der Waals surface area contributed by atoms with Gasteiger partial charge in [-0.05, 0) is 37.0 Å². The fourth-order valence-electron chi connectivity index (χ4n) is 1.92. The van der Waals surface area contributed by atoms with Crippen molar-refractivity contribution in [2.45, 2.75) is 24.7 Å². The van der Waals surface area contributed by atoms with E-state index in [0.717, 1.165) is 12.5 Å². The van der Waals surface area contributed by atoms with Gasteiger partial charge in [-0.3, -0.25) is 0 Å². The summed E-state index contributed by atoms with van der Waals surface area (Å²) in [5.74, 6) is 0.739. The molecule has 6 nitrogen and oxygen atoms in total. The van der Waals surface area contributed by atoms with Crippen LogP contribution in [0.25, 0.3) is 0 Å². The monoisotopic (exact) mass is 313 g/mol. The smallest absolute Gasteiger partial charge is 0.240 e. The van der Waals surface area contributed by atoms with Gasteiger partial charge in [-0.15, -0.1) is 0 Å². The Bertz CT molecular complexity index is 571. The van der Waals surface area contributed by atoms with Gasteiger partial charge in [0, 0.05) is 19.7 Å². The van der Waals surface area contributed by atoms with Crippen molar-refractivity contribution in [2.75, 3.05) is 37.4 Å². The topological polar surface area (TPSA) is 93.5 Å². The molecule has 1 aliphatic carbocycles. The lowest BCUT2D eigenvalue weighted by Crippen LogP contribution is -2.23. The van der Waals surface area contributed by atoms with Crippen molar-refractivity contribution in [1.82, 2.24) is 4.72 Å². The van der Waals surface area contributed by atoms with E-state index in [1.807, 2.05) is 0 Å². The summed E-state index contributed by atoms with van der Waals surface area (Å²) in [5, 5.41) is 3.12. The average Bonchev–Trinajstić information content (AvgIpc) is 3.24. The number of hydrogen-bond acceptors (Lipinski definition) is 5.